The van der Waals surface area contributed by atoms with Crippen LogP contribution in [0, 0.1) is 12.7 Å². The number of H-pyrrole nitrogens is 2. The third-order valence-corrected chi connectivity index (χ3v) is 3.26. The minimum absolute atomic E-state index is 0.202. The number of aromatic amines is 2. The summed E-state index contributed by atoms with van der Waals surface area (Å²) in [5, 5.41) is 0. The predicted octanol–water partition coefficient (Wildman–Crippen LogP) is 1.55. The zero-order chi connectivity index (χ0) is 15.1. The molecule has 0 amide bonds. The van der Waals surface area contributed by atoms with E-state index in [0.29, 0.717) is 17.9 Å². The van der Waals surface area contributed by atoms with Gasteiger partial charge in [0.1, 0.15) is 17.2 Å². The molecule has 21 heavy (non-hydrogen) atoms. The number of imidazole rings is 1. The second-order valence-corrected chi connectivity index (χ2v) is 4.80. The van der Waals surface area contributed by atoms with Crippen molar-refractivity contribution in [2.24, 2.45) is 0 Å². The van der Waals surface area contributed by atoms with Gasteiger partial charge in [-0.2, -0.15) is 0 Å². The lowest BCUT2D eigenvalue weighted by Crippen LogP contribution is -2.29. The van der Waals surface area contributed by atoms with Crippen molar-refractivity contribution in [1.29, 1.82) is 0 Å². The van der Waals surface area contributed by atoms with E-state index >= 15 is 0 Å². The van der Waals surface area contributed by atoms with E-state index in [0.717, 1.165) is 5.56 Å². The molecule has 0 fully saturated rings. The third kappa shape index (κ3) is 2.16. The van der Waals surface area contributed by atoms with Crippen LogP contribution in [0.3, 0.4) is 0 Å². The molecule has 0 aliphatic rings. The minimum Gasteiger partial charge on any atom is -0.332 e. The molecule has 1 aromatic carbocycles. The molecule has 0 saturated heterocycles. The molecule has 0 radical (unpaired) electrons. The van der Waals surface area contributed by atoms with Gasteiger partial charge < -0.3 is 4.98 Å². The largest absolute Gasteiger partial charge is 0.332 e. The number of nitrogens with zero attached hydrogens (tertiary/aromatic N) is 2. The number of halogens is 1. The van der Waals surface area contributed by atoms with Gasteiger partial charge in [0.2, 0.25) is 0 Å². The summed E-state index contributed by atoms with van der Waals surface area (Å²) < 4.78 is 14.8. The molecule has 0 spiro atoms. The quantitative estimate of drug-likeness (QED) is 0.750. The van der Waals surface area contributed by atoms with Crippen LogP contribution < -0.4 is 11.2 Å². The lowest BCUT2D eigenvalue weighted by atomic mass is 10.1. The molecule has 0 aliphatic carbocycles. The van der Waals surface area contributed by atoms with Gasteiger partial charge in [0.05, 0.1) is 0 Å². The smallest absolute Gasteiger partial charge is 0.330 e. The summed E-state index contributed by atoms with van der Waals surface area (Å²) in [6.07, 6.45) is 0. The van der Waals surface area contributed by atoms with E-state index in [2.05, 4.69) is 15.0 Å². The van der Waals surface area contributed by atoms with Gasteiger partial charge >= 0.3 is 5.69 Å². The maximum Gasteiger partial charge on any atom is 0.330 e. The Hall–Kier alpha value is -2.70. The van der Waals surface area contributed by atoms with Gasteiger partial charge in [-0.1, -0.05) is 0 Å². The van der Waals surface area contributed by atoms with Crippen molar-refractivity contribution >= 4 is 11.2 Å². The van der Waals surface area contributed by atoms with Crippen LogP contribution in [-0.2, 0) is 6.54 Å². The highest BCUT2D eigenvalue weighted by molar-refractivity contribution is 5.75. The molecule has 2 heterocycles. The fourth-order valence-electron chi connectivity index (χ4n) is 2.34. The highest BCUT2D eigenvalue weighted by atomic mass is 19.1. The fourth-order valence-corrected chi connectivity index (χ4v) is 2.34. The van der Waals surface area contributed by atoms with Crippen molar-refractivity contribution in [3.05, 3.63) is 50.4 Å². The van der Waals surface area contributed by atoms with Gasteiger partial charge in [-0.05, 0) is 37.6 Å². The monoisotopic (exact) mass is 288 g/mol. The van der Waals surface area contributed by atoms with Gasteiger partial charge in [-0.25, -0.2) is 14.2 Å². The Balaban J connectivity index is 2.33. The van der Waals surface area contributed by atoms with Crippen molar-refractivity contribution in [1.82, 2.24) is 19.5 Å². The summed E-state index contributed by atoms with van der Waals surface area (Å²) in [6.45, 7) is 3.92. The Kier molecular flexibility index (Phi) is 2.97. The van der Waals surface area contributed by atoms with Crippen LogP contribution in [-0.4, -0.2) is 19.5 Å². The molecule has 7 heteroatoms. The van der Waals surface area contributed by atoms with Crippen LogP contribution in [0.4, 0.5) is 4.39 Å². The first-order valence-corrected chi connectivity index (χ1v) is 6.50. The summed E-state index contributed by atoms with van der Waals surface area (Å²) in [6, 6.07) is 4.48. The van der Waals surface area contributed by atoms with Gasteiger partial charge in [0, 0.05) is 12.1 Å². The second kappa shape index (κ2) is 4.69. The lowest BCUT2D eigenvalue weighted by molar-refractivity contribution is 0.627. The molecule has 0 bridgehead atoms. The van der Waals surface area contributed by atoms with E-state index in [1.54, 1.807) is 19.9 Å². The number of aromatic nitrogens is 4. The van der Waals surface area contributed by atoms with Crippen LogP contribution in [0.25, 0.3) is 22.6 Å². The van der Waals surface area contributed by atoms with Crippen LogP contribution >= 0.6 is 0 Å². The minimum atomic E-state index is -0.536. The molecule has 3 aromatic rings. The highest BCUT2D eigenvalue weighted by Gasteiger charge is 2.13. The van der Waals surface area contributed by atoms with Crippen LogP contribution in [0.5, 0.6) is 0 Å². The number of nitrogens with one attached hydrogen (secondary N) is 2. The Morgan fingerprint density at radius 3 is 2.67 bits per heavy atom. The van der Waals surface area contributed by atoms with Crippen LogP contribution in [0.2, 0.25) is 0 Å². The maximum atomic E-state index is 13.5. The van der Waals surface area contributed by atoms with E-state index in [1.807, 2.05) is 0 Å². The molecule has 2 N–H and O–H groups in total. The van der Waals surface area contributed by atoms with Crippen LogP contribution in [0.1, 0.15) is 12.5 Å². The number of benzene rings is 1. The highest BCUT2D eigenvalue weighted by Crippen LogP contribution is 2.20. The Bertz CT molecular complexity index is 931. The van der Waals surface area contributed by atoms with E-state index < -0.39 is 11.2 Å². The predicted molar refractivity (Wildman–Crippen MR) is 76.8 cm³/mol. The van der Waals surface area contributed by atoms with Gasteiger partial charge in [0.15, 0.2) is 5.65 Å². The SMILES string of the molecule is CCn1c(=O)[nH]c(=O)c2[nH]c(-c3cc(C)cc(F)c3)nc21. The molecule has 0 unspecified atom stereocenters. The van der Waals surface area contributed by atoms with E-state index in [-0.39, 0.29) is 17.0 Å². The van der Waals surface area contributed by atoms with E-state index in [4.69, 9.17) is 0 Å². The van der Waals surface area contributed by atoms with Gasteiger partial charge in [-0.3, -0.25) is 14.3 Å². The summed E-state index contributed by atoms with van der Waals surface area (Å²) in [4.78, 5) is 32.9. The zero-order valence-corrected chi connectivity index (χ0v) is 11.5. The van der Waals surface area contributed by atoms with E-state index in [1.165, 1.54) is 16.7 Å². The molecule has 0 aliphatic heterocycles. The van der Waals surface area contributed by atoms with Crippen molar-refractivity contribution in [3.8, 4) is 11.4 Å². The van der Waals surface area contributed by atoms with Crippen molar-refractivity contribution in [2.45, 2.75) is 20.4 Å². The Labute approximate surface area is 118 Å². The topological polar surface area (TPSA) is 83.5 Å². The molecule has 2 aromatic heterocycles. The average molecular weight is 288 g/mol. The average Bonchev–Trinajstić information content (AvgIpc) is 2.83. The standard InChI is InChI=1S/C14H13FN4O2/c1-3-19-12-10(13(20)18-14(19)21)16-11(17-12)8-4-7(2)5-9(15)6-8/h4-6H,3H2,1-2H3,(H,16,17)(H,18,20,21). The van der Waals surface area contributed by atoms with Gasteiger partial charge in [0.25, 0.3) is 5.56 Å². The number of hydrogen-bond acceptors (Lipinski definition) is 3. The van der Waals surface area contributed by atoms with Crippen LogP contribution in [0.15, 0.2) is 27.8 Å². The summed E-state index contributed by atoms with van der Waals surface area (Å²) >= 11 is 0. The Morgan fingerprint density at radius 1 is 1.24 bits per heavy atom. The van der Waals surface area contributed by atoms with Crippen molar-refractivity contribution in [2.75, 3.05) is 0 Å². The first-order chi connectivity index (χ1) is 9.99. The normalized spacial score (nSPS) is 11.2. The number of hydrogen-bond donors (Lipinski definition) is 2. The Morgan fingerprint density at radius 2 is 2.00 bits per heavy atom. The van der Waals surface area contributed by atoms with Crippen molar-refractivity contribution < 1.29 is 4.39 Å². The summed E-state index contributed by atoms with van der Waals surface area (Å²) in [5.41, 5.74) is 0.692. The fraction of sp³-hybridized carbons (Fsp3) is 0.214. The number of fused-ring (bicyclic) bond motifs is 1. The van der Waals surface area contributed by atoms with Crippen molar-refractivity contribution in [3.63, 3.8) is 0 Å². The number of rotatable bonds is 2. The first-order valence-electron chi connectivity index (χ1n) is 6.50. The molecular formula is C14H13FN4O2. The second-order valence-electron chi connectivity index (χ2n) is 4.80. The summed E-state index contributed by atoms with van der Waals surface area (Å²) in [5.74, 6) is -0.0295. The first kappa shape index (κ1) is 13.3. The summed E-state index contributed by atoms with van der Waals surface area (Å²) in [7, 11) is 0. The number of aryl methyl sites for hydroxylation is 2. The molecule has 0 saturated carbocycles. The maximum absolute atomic E-state index is 13.5. The third-order valence-electron chi connectivity index (χ3n) is 3.26. The van der Waals surface area contributed by atoms with E-state index in [9.17, 15) is 14.0 Å². The molecule has 0 atom stereocenters. The molecule has 3 rings (SSSR count). The molecule has 108 valence electrons. The zero-order valence-electron chi connectivity index (χ0n) is 11.5. The molecule has 6 nitrogen and oxygen atoms in total. The van der Waals surface area contributed by atoms with Gasteiger partial charge in [-0.15, -0.1) is 0 Å². The molecular weight excluding hydrogens is 275 g/mol. The lowest BCUT2D eigenvalue weighted by Gasteiger charge is -2.00.